The SMILES string of the molecule is C=C(O)C(=NCC)C1C=CC/C=C(/F)C/C=C\1. The molecule has 0 fully saturated rings. The zero-order valence-electron chi connectivity index (χ0n) is 10.1. The normalized spacial score (nSPS) is 26.4. The van der Waals surface area contributed by atoms with Crippen molar-refractivity contribution in [3.05, 3.63) is 48.5 Å². The number of rotatable bonds is 3. The Bertz CT molecular complexity index is 391. The molecule has 1 unspecified atom stereocenters. The minimum absolute atomic E-state index is 0.0289. The Hall–Kier alpha value is -1.64. The number of hydrogen-bond acceptors (Lipinski definition) is 2. The maximum Gasteiger partial charge on any atom is 0.130 e. The maximum absolute atomic E-state index is 13.1. The van der Waals surface area contributed by atoms with Crippen LogP contribution in [0.25, 0.3) is 0 Å². The largest absolute Gasteiger partial charge is 0.507 e. The van der Waals surface area contributed by atoms with Gasteiger partial charge in [-0.3, -0.25) is 4.99 Å². The van der Waals surface area contributed by atoms with Crippen LogP contribution in [0.1, 0.15) is 19.8 Å². The van der Waals surface area contributed by atoms with Crippen molar-refractivity contribution in [2.45, 2.75) is 19.8 Å². The summed E-state index contributed by atoms with van der Waals surface area (Å²) in [7, 11) is 0. The van der Waals surface area contributed by atoms with E-state index < -0.39 is 0 Å². The van der Waals surface area contributed by atoms with Crippen LogP contribution in [0.2, 0.25) is 0 Å². The molecule has 0 bridgehead atoms. The zero-order chi connectivity index (χ0) is 12.7. The molecule has 0 aromatic rings. The third kappa shape index (κ3) is 4.39. The van der Waals surface area contributed by atoms with Gasteiger partial charge in [-0.05, 0) is 19.4 Å². The van der Waals surface area contributed by atoms with Crippen molar-refractivity contribution < 1.29 is 9.50 Å². The Morgan fingerprint density at radius 2 is 2.24 bits per heavy atom. The highest BCUT2D eigenvalue weighted by molar-refractivity contribution is 6.01. The Labute approximate surface area is 102 Å². The molecule has 1 rings (SSSR count). The number of hydrogen-bond donors (Lipinski definition) is 1. The van der Waals surface area contributed by atoms with Gasteiger partial charge in [0.05, 0.1) is 5.71 Å². The quantitative estimate of drug-likeness (QED) is 0.449. The average Bonchev–Trinajstić information content (AvgIpc) is 2.38. The van der Waals surface area contributed by atoms with Crippen LogP contribution >= 0.6 is 0 Å². The molecule has 3 heteroatoms. The van der Waals surface area contributed by atoms with E-state index in [9.17, 15) is 9.50 Å². The van der Waals surface area contributed by atoms with Crippen molar-refractivity contribution in [3.8, 4) is 0 Å². The molecule has 0 amide bonds. The van der Waals surface area contributed by atoms with Gasteiger partial charge in [-0.2, -0.15) is 0 Å². The second-order valence-electron chi connectivity index (χ2n) is 3.78. The van der Waals surface area contributed by atoms with E-state index in [0.717, 1.165) is 0 Å². The Kier molecular flexibility index (Phi) is 5.40. The van der Waals surface area contributed by atoms with Crippen LogP contribution in [-0.4, -0.2) is 17.4 Å². The molecule has 0 radical (unpaired) electrons. The third-order valence-corrected chi connectivity index (χ3v) is 2.41. The topological polar surface area (TPSA) is 32.6 Å². The van der Waals surface area contributed by atoms with Crippen LogP contribution in [0, 0.1) is 5.92 Å². The molecular formula is C14H18FNO. The number of halogens is 1. The lowest BCUT2D eigenvalue weighted by Gasteiger charge is -2.10. The molecule has 1 N–H and O–H groups in total. The van der Waals surface area contributed by atoms with E-state index in [1.54, 1.807) is 12.2 Å². The first kappa shape index (κ1) is 13.4. The number of nitrogens with zero attached hydrogens (tertiary/aromatic N) is 1. The smallest absolute Gasteiger partial charge is 0.130 e. The van der Waals surface area contributed by atoms with Gasteiger partial charge in [-0.15, -0.1) is 0 Å². The van der Waals surface area contributed by atoms with Crippen molar-refractivity contribution in [2.24, 2.45) is 10.9 Å². The predicted molar refractivity (Wildman–Crippen MR) is 69.9 cm³/mol. The molecule has 0 spiro atoms. The molecule has 0 aromatic heterocycles. The first-order valence-corrected chi connectivity index (χ1v) is 5.75. The molecule has 1 aliphatic carbocycles. The van der Waals surface area contributed by atoms with Crippen LogP contribution < -0.4 is 0 Å². The summed E-state index contributed by atoms with van der Waals surface area (Å²) in [6.07, 6.45) is 9.76. The molecule has 1 aliphatic rings. The van der Waals surface area contributed by atoms with E-state index in [0.29, 0.717) is 18.7 Å². The Morgan fingerprint density at radius 1 is 1.53 bits per heavy atom. The standard InChI is InChI=1S/C14H18FNO/c1-3-16-14(11(2)17)12-7-4-5-9-13(15)10-6-8-12/h4,6-9,12,17H,2-3,5,10H2,1H3/b7-4?,8-6-,13-9+,16-14?. The van der Waals surface area contributed by atoms with Crippen LogP contribution in [0.4, 0.5) is 4.39 Å². The van der Waals surface area contributed by atoms with Gasteiger partial charge >= 0.3 is 0 Å². The fourth-order valence-corrected chi connectivity index (χ4v) is 1.64. The molecule has 0 saturated carbocycles. The van der Waals surface area contributed by atoms with E-state index in [1.165, 1.54) is 0 Å². The molecule has 1 atom stereocenters. The third-order valence-electron chi connectivity index (χ3n) is 2.41. The molecule has 92 valence electrons. The Balaban J connectivity index is 2.92. The van der Waals surface area contributed by atoms with Crippen LogP contribution in [0.15, 0.2) is 53.5 Å². The average molecular weight is 235 g/mol. The lowest BCUT2D eigenvalue weighted by Crippen LogP contribution is -2.13. The van der Waals surface area contributed by atoms with E-state index in [2.05, 4.69) is 11.6 Å². The highest BCUT2D eigenvalue weighted by atomic mass is 19.1. The lowest BCUT2D eigenvalue weighted by atomic mass is 10.00. The van der Waals surface area contributed by atoms with Crippen molar-refractivity contribution in [2.75, 3.05) is 6.54 Å². The minimum atomic E-state index is -0.136. The Morgan fingerprint density at radius 3 is 2.88 bits per heavy atom. The van der Waals surface area contributed by atoms with Crippen LogP contribution in [0.5, 0.6) is 0 Å². The van der Waals surface area contributed by atoms with E-state index in [1.807, 2.05) is 25.2 Å². The molecule has 0 saturated heterocycles. The molecule has 2 nitrogen and oxygen atoms in total. The van der Waals surface area contributed by atoms with Gasteiger partial charge in [0.1, 0.15) is 11.6 Å². The van der Waals surface area contributed by atoms with E-state index in [4.69, 9.17) is 0 Å². The summed E-state index contributed by atoms with van der Waals surface area (Å²) in [5.74, 6) is -0.297. The lowest BCUT2D eigenvalue weighted by molar-refractivity contribution is 0.442. The first-order chi connectivity index (χ1) is 8.15. The second kappa shape index (κ2) is 6.84. The molecule has 0 heterocycles. The number of aliphatic hydroxyl groups excluding tert-OH is 1. The van der Waals surface area contributed by atoms with Crippen molar-refractivity contribution in [1.29, 1.82) is 0 Å². The first-order valence-electron chi connectivity index (χ1n) is 5.75. The summed E-state index contributed by atoms with van der Waals surface area (Å²) in [5.41, 5.74) is 0.544. The van der Waals surface area contributed by atoms with Gasteiger partial charge in [0.25, 0.3) is 0 Å². The summed E-state index contributed by atoms with van der Waals surface area (Å²) in [4.78, 5) is 4.22. The fraction of sp³-hybridized carbons (Fsp3) is 0.357. The highest BCUT2D eigenvalue weighted by Crippen LogP contribution is 2.15. The van der Waals surface area contributed by atoms with Crippen molar-refractivity contribution >= 4 is 5.71 Å². The minimum Gasteiger partial charge on any atom is -0.507 e. The van der Waals surface area contributed by atoms with Gasteiger partial charge in [0, 0.05) is 18.9 Å². The van der Waals surface area contributed by atoms with Crippen molar-refractivity contribution in [3.63, 3.8) is 0 Å². The van der Waals surface area contributed by atoms with Gasteiger partial charge in [0.2, 0.25) is 0 Å². The highest BCUT2D eigenvalue weighted by Gasteiger charge is 2.12. The fourth-order valence-electron chi connectivity index (χ4n) is 1.64. The molecule has 17 heavy (non-hydrogen) atoms. The van der Waals surface area contributed by atoms with Crippen molar-refractivity contribution in [1.82, 2.24) is 0 Å². The second-order valence-corrected chi connectivity index (χ2v) is 3.78. The van der Waals surface area contributed by atoms with E-state index in [-0.39, 0.29) is 23.9 Å². The van der Waals surface area contributed by atoms with Crippen LogP contribution in [0.3, 0.4) is 0 Å². The zero-order valence-corrected chi connectivity index (χ0v) is 10.1. The predicted octanol–water partition coefficient (Wildman–Crippen LogP) is 3.89. The summed E-state index contributed by atoms with van der Waals surface area (Å²) in [6.45, 7) is 5.99. The maximum atomic E-state index is 13.1. The summed E-state index contributed by atoms with van der Waals surface area (Å²) >= 11 is 0. The van der Waals surface area contributed by atoms with Gasteiger partial charge in [0.15, 0.2) is 0 Å². The molecule has 0 aromatic carbocycles. The number of aliphatic imine (C=N–C) groups is 1. The number of aliphatic hydroxyl groups is 1. The van der Waals surface area contributed by atoms with Crippen LogP contribution in [-0.2, 0) is 0 Å². The van der Waals surface area contributed by atoms with Gasteiger partial charge < -0.3 is 5.11 Å². The van der Waals surface area contributed by atoms with Gasteiger partial charge in [-0.25, -0.2) is 4.39 Å². The van der Waals surface area contributed by atoms with Gasteiger partial charge in [-0.1, -0.05) is 30.9 Å². The summed E-state index contributed by atoms with van der Waals surface area (Å²) < 4.78 is 13.1. The van der Waals surface area contributed by atoms with E-state index >= 15 is 0 Å². The monoisotopic (exact) mass is 235 g/mol. The molecule has 0 aliphatic heterocycles. The summed E-state index contributed by atoms with van der Waals surface area (Å²) in [5, 5.41) is 9.50. The summed E-state index contributed by atoms with van der Waals surface area (Å²) in [6, 6.07) is 0. The number of allylic oxidation sites excluding steroid dienone is 7. The molecular weight excluding hydrogens is 217 g/mol.